The van der Waals surface area contributed by atoms with E-state index in [0.29, 0.717) is 17.9 Å². The lowest BCUT2D eigenvalue weighted by Gasteiger charge is -2.16. The first-order valence-corrected chi connectivity index (χ1v) is 12.8. The lowest BCUT2D eigenvalue weighted by Crippen LogP contribution is -2.35. The van der Waals surface area contributed by atoms with E-state index >= 15 is 0 Å². The van der Waals surface area contributed by atoms with Gasteiger partial charge < -0.3 is 16.4 Å². The predicted molar refractivity (Wildman–Crippen MR) is 151 cm³/mol. The minimum Gasteiger partial charge on any atom is -0.383 e. The number of fused-ring (bicyclic) bond motifs is 1. The van der Waals surface area contributed by atoms with Crippen LogP contribution in [0.1, 0.15) is 34.9 Å². The number of anilines is 2. The minimum absolute atomic E-state index is 0.0488. The van der Waals surface area contributed by atoms with E-state index in [9.17, 15) is 18.8 Å². The highest BCUT2D eigenvalue weighted by Crippen LogP contribution is 2.31. The number of thiophene rings is 1. The van der Waals surface area contributed by atoms with Crippen molar-refractivity contribution < 1.29 is 13.6 Å². The molecule has 4 rings (SSSR count). The molecule has 3 heterocycles. The van der Waals surface area contributed by atoms with Crippen LogP contribution in [0.3, 0.4) is 0 Å². The fourth-order valence-corrected chi connectivity index (χ4v) is 4.73. The van der Waals surface area contributed by atoms with Crippen LogP contribution in [-0.2, 0) is 6.54 Å². The summed E-state index contributed by atoms with van der Waals surface area (Å²) >= 11 is 1.53. The van der Waals surface area contributed by atoms with Crippen molar-refractivity contribution in [3.05, 3.63) is 95.1 Å². The molecule has 0 aliphatic heterocycles. The molecule has 1 unspecified atom stereocenters. The van der Waals surface area contributed by atoms with Crippen molar-refractivity contribution in [1.82, 2.24) is 25.3 Å². The van der Waals surface area contributed by atoms with Crippen LogP contribution in [0.2, 0.25) is 0 Å². The van der Waals surface area contributed by atoms with E-state index in [2.05, 4.69) is 37.1 Å². The minimum atomic E-state index is -1.22. The summed E-state index contributed by atoms with van der Waals surface area (Å²) in [6.07, 6.45) is 5.17. The summed E-state index contributed by atoms with van der Waals surface area (Å²) < 4.78 is 26.9. The van der Waals surface area contributed by atoms with Gasteiger partial charge in [-0.2, -0.15) is 5.26 Å². The molecule has 12 heteroatoms. The fraction of sp³-hybridized carbons (Fsp3) is 0.143. The molecule has 0 radical (unpaired) electrons. The zero-order valence-corrected chi connectivity index (χ0v) is 22.4. The van der Waals surface area contributed by atoms with Crippen molar-refractivity contribution in [3.63, 3.8) is 0 Å². The number of nitrogens with two attached hydrogens (primary N) is 1. The Labute approximate surface area is 232 Å². The third-order valence-electron chi connectivity index (χ3n) is 5.88. The maximum Gasteiger partial charge on any atom is 0.274 e. The highest BCUT2D eigenvalue weighted by Gasteiger charge is 2.20. The molecule has 9 nitrogen and oxygen atoms in total. The Morgan fingerprint density at radius 1 is 1.25 bits per heavy atom. The lowest BCUT2D eigenvalue weighted by atomic mass is 10.1. The normalized spacial score (nSPS) is 12.6. The standard InChI is InChI=1S/C28H24F2N8OS/c1-4-17(10-22(30)15(2)29)16(3)37-28(39)25-27(33-12-19(11-31)38-25)34-13-20-6-8-24(40-20)18-5-7-23-21(9-18)26(32)36-14-35-23/h4-10,12,14,16H,2,13H2,1,3H3,(H,33,34)(H,37,39)(H2,32,35,36)/b17-4+,22-10+. The van der Waals surface area contributed by atoms with Gasteiger partial charge in [0.2, 0.25) is 0 Å². The van der Waals surface area contributed by atoms with Gasteiger partial charge in [-0.3, -0.25) is 4.79 Å². The van der Waals surface area contributed by atoms with Gasteiger partial charge in [0.15, 0.2) is 28.9 Å². The van der Waals surface area contributed by atoms with Crippen LogP contribution in [0, 0.1) is 11.3 Å². The second-order valence-corrected chi connectivity index (χ2v) is 9.72. The number of amides is 1. The van der Waals surface area contributed by atoms with Gasteiger partial charge in [-0.25, -0.2) is 28.7 Å². The summed E-state index contributed by atoms with van der Waals surface area (Å²) in [7, 11) is 0. The number of hydrogen-bond acceptors (Lipinski definition) is 9. The van der Waals surface area contributed by atoms with Crippen LogP contribution < -0.4 is 16.4 Å². The van der Waals surface area contributed by atoms with Gasteiger partial charge in [0.1, 0.15) is 18.2 Å². The molecule has 1 aromatic carbocycles. The van der Waals surface area contributed by atoms with Crippen molar-refractivity contribution in [1.29, 1.82) is 5.26 Å². The van der Waals surface area contributed by atoms with E-state index < -0.39 is 23.6 Å². The predicted octanol–water partition coefficient (Wildman–Crippen LogP) is 5.62. The molecule has 0 saturated carbocycles. The topological polar surface area (TPSA) is 142 Å². The largest absolute Gasteiger partial charge is 0.383 e. The third kappa shape index (κ3) is 6.33. The van der Waals surface area contributed by atoms with E-state index in [0.717, 1.165) is 32.3 Å². The summed E-state index contributed by atoms with van der Waals surface area (Å²) in [4.78, 5) is 31.7. The van der Waals surface area contributed by atoms with E-state index in [1.807, 2.05) is 36.4 Å². The monoisotopic (exact) mass is 558 g/mol. The fourth-order valence-electron chi connectivity index (χ4n) is 3.79. The molecule has 0 saturated heterocycles. The Morgan fingerprint density at radius 3 is 2.77 bits per heavy atom. The molecule has 4 aromatic rings. The van der Waals surface area contributed by atoms with Crippen molar-refractivity contribution in [2.24, 2.45) is 0 Å². The first-order chi connectivity index (χ1) is 19.2. The van der Waals surface area contributed by atoms with Gasteiger partial charge in [0.05, 0.1) is 24.3 Å². The lowest BCUT2D eigenvalue weighted by molar-refractivity contribution is 0.0941. The van der Waals surface area contributed by atoms with Crippen molar-refractivity contribution >= 4 is 39.8 Å². The molecule has 3 aromatic heterocycles. The molecule has 0 spiro atoms. The molecule has 40 heavy (non-hydrogen) atoms. The van der Waals surface area contributed by atoms with Crippen molar-refractivity contribution in [2.45, 2.75) is 26.4 Å². The number of carbonyl (C=O) groups excluding carboxylic acids is 1. The number of allylic oxidation sites excluding steroid dienone is 3. The number of nitriles is 1. The number of rotatable bonds is 9. The molecule has 1 amide bonds. The summed E-state index contributed by atoms with van der Waals surface area (Å²) in [5.41, 5.74) is 7.87. The number of hydrogen-bond donors (Lipinski definition) is 3. The second-order valence-electron chi connectivity index (χ2n) is 8.56. The molecule has 4 N–H and O–H groups in total. The first-order valence-electron chi connectivity index (χ1n) is 12.0. The Bertz CT molecular complexity index is 1710. The van der Waals surface area contributed by atoms with E-state index in [4.69, 9.17) is 5.73 Å². The van der Waals surface area contributed by atoms with E-state index in [-0.39, 0.29) is 17.2 Å². The van der Waals surface area contributed by atoms with Gasteiger partial charge in [-0.15, -0.1) is 11.3 Å². The number of aromatic nitrogens is 4. The maximum absolute atomic E-state index is 13.8. The van der Waals surface area contributed by atoms with Crippen LogP contribution in [0.4, 0.5) is 20.4 Å². The Kier molecular flexibility index (Phi) is 8.56. The Morgan fingerprint density at radius 2 is 2.05 bits per heavy atom. The highest BCUT2D eigenvalue weighted by molar-refractivity contribution is 7.15. The van der Waals surface area contributed by atoms with E-state index in [1.54, 1.807) is 13.8 Å². The van der Waals surface area contributed by atoms with Gasteiger partial charge in [0, 0.05) is 15.1 Å². The number of nitrogen functional groups attached to an aromatic ring is 1. The van der Waals surface area contributed by atoms with Gasteiger partial charge in [-0.05, 0) is 55.3 Å². The van der Waals surface area contributed by atoms with Crippen LogP contribution in [0.5, 0.6) is 0 Å². The number of carbonyl (C=O) groups is 1. The number of benzene rings is 1. The highest BCUT2D eigenvalue weighted by atomic mass is 32.1. The molecule has 0 aliphatic carbocycles. The summed E-state index contributed by atoms with van der Waals surface area (Å²) in [5, 5.41) is 15.8. The smallest absolute Gasteiger partial charge is 0.274 e. The van der Waals surface area contributed by atoms with Crippen LogP contribution in [0.25, 0.3) is 21.3 Å². The third-order valence-corrected chi connectivity index (χ3v) is 7.01. The number of halogens is 2. The first kappa shape index (κ1) is 28.0. The average Bonchev–Trinajstić information content (AvgIpc) is 3.43. The second kappa shape index (κ2) is 12.2. The van der Waals surface area contributed by atoms with Gasteiger partial charge >= 0.3 is 0 Å². The molecular formula is C28H24F2N8OS. The molecule has 0 fully saturated rings. The van der Waals surface area contributed by atoms with Crippen molar-refractivity contribution in [2.75, 3.05) is 11.1 Å². The Hall–Kier alpha value is -5.02. The molecule has 0 bridgehead atoms. The summed E-state index contributed by atoms with van der Waals surface area (Å²) in [5.74, 6) is -2.43. The zero-order chi connectivity index (χ0) is 28.8. The molecule has 202 valence electrons. The van der Waals surface area contributed by atoms with Crippen molar-refractivity contribution in [3.8, 4) is 16.5 Å². The summed E-state index contributed by atoms with van der Waals surface area (Å²) in [6, 6.07) is 10.9. The summed E-state index contributed by atoms with van der Waals surface area (Å²) in [6.45, 7) is 6.49. The Balaban J connectivity index is 1.52. The van der Waals surface area contributed by atoms with Crippen LogP contribution in [0.15, 0.2) is 78.8 Å². The SMILES string of the molecule is C=C(F)/C(F)=C\C(=C/C)C(C)NC(=O)c1nc(C#N)cnc1NCc1ccc(-c2ccc3ncnc(N)c3c2)s1. The van der Waals surface area contributed by atoms with E-state index in [1.165, 1.54) is 29.9 Å². The zero-order valence-electron chi connectivity index (χ0n) is 21.6. The number of nitrogens with zero attached hydrogens (tertiary/aromatic N) is 5. The molecular weight excluding hydrogens is 534 g/mol. The quantitative estimate of drug-likeness (QED) is 0.225. The van der Waals surface area contributed by atoms with Gasteiger partial charge in [0.25, 0.3) is 5.91 Å². The van der Waals surface area contributed by atoms with Crippen LogP contribution >= 0.6 is 11.3 Å². The van der Waals surface area contributed by atoms with Crippen LogP contribution in [-0.4, -0.2) is 31.9 Å². The average molecular weight is 559 g/mol. The maximum atomic E-state index is 13.8. The molecule has 0 aliphatic rings. The number of nitrogens with one attached hydrogen (secondary N) is 2. The van der Waals surface area contributed by atoms with Gasteiger partial charge in [-0.1, -0.05) is 18.7 Å². The molecule has 1 atom stereocenters.